The van der Waals surface area contributed by atoms with Crippen molar-refractivity contribution < 1.29 is 27.5 Å². The molecule has 4 nitrogen and oxygen atoms in total. The fourth-order valence-corrected chi connectivity index (χ4v) is 3.08. The highest BCUT2D eigenvalue weighted by Gasteiger charge is 2.33. The van der Waals surface area contributed by atoms with Gasteiger partial charge in [-0.3, -0.25) is 0 Å². The van der Waals surface area contributed by atoms with E-state index in [1.807, 2.05) is 0 Å². The lowest BCUT2D eigenvalue weighted by Gasteiger charge is -2.13. The molecule has 2 aromatic carbocycles. The van der Waals surface area contributed by atoms with Crippen molar-refractivity contribution in [2.45, 2.75) is 13.1 Å². The molecule has 0 amide bonds. The molecule has 0 saturated heterocycles. The zero-order valence-electron chi connectivity index (χ0n) is 16.0. The van der Waals surface area contributed by atoms with Crippen LogP contribution >= 0.6 is 46.4 Å². The predicted molar refractivity (Wildman–Crippen MR) is 117 cm³/mol. The van der Waals surface area contributed by atoms with Gasteiger partial charge in [0.15, 0.2) is 12.4 Å². The van der Waals surface area contributed by atoms with Crippen LogP contribution in [0.5, 0.6) is 11.5 Å². The second-order valence-corrected chi connectivity index (χ2v) is 7.74. The van der Waals surface area contributed by atoms with Crippen LogP contribution in [0.1, 0.15) is 18.1 Å². The Labute approximate surface area is 197 Å². The SMILES string of the molecule is C/C(=N\OCCOc1c(Cl)cc(OCC=C(Cl)Cl)cc1Cl)c1ccccc1C(F)(F)F. The molecule has 0 heterocycles. The van der Waals surface area contributed by atoms with E-state index in [2.05, 4.69) is 5.16 Å². The van der Waals surface area contributed by atoms with Crippen LogP contribution in [0.4, 0.5) is 13.2 Å². The van der Waals surface area contributed by atoms with Gasteiger partial charge in [0.2, 0.25) is 0 Å². The van der Waals surface area contributed by atoms with Crippen LogP contribution in [-0.2, 0) is 11.0 Å². The molecule has 0 aromatic heterocycles. The number of oxime groups is 1. The third-order valence-electron chi connectivity index (χ3n) is 3.70. The van der Waals surface area contributed by atoms with E-state index in [0.29, 0.717) is 5.75 Å². The van der Waals surface area contributed by atoms with Gasteiger partial charge in [-0.05, 0) is 19.1 Å². The van der Waals surface area contributed by atoms with E-state index >= 15 is 0 Å². The van der Waals surface area contributed by atoms with E-state index in [1.54, 1.807) is 0 Å². The van der Waals surface area contributed by atoms with Crippen molar-refractivity contribution in [3.63, 3.8) is 0 Å². The molecule has 0 spiro atoms. The minimum Gasteiger partial charge on any atom is -0.489 e. The summed E-state index contributed by atoms with van der Waals surface area (Å²) in [6, 6.07) is 8.09. The molecule has 0 fully saturated rings. The van der Waals surface area contributed by atoms with Crippen LogP contribution < -0.4 is 9.47 Å². The first-order chi connectivity index (χ1) is 14.6. The Balaban J connectivity index is 1.92. The molecule has 0 saturated carbocycles. The lowest BCUT2D eigenvalue weighted by molar-refractivity contribution is -0.137. The van der Waals surface area contributed by atoms with Gasteiger partial charge in [-0.15, -0.1) is 0 Å². The monoisotopic (exact) mass is 515 g/mol. The van der Waals surface area contributed by atoms with Crippen LogP contribution in [0.15, 0.2) is 52.1 Å². The first-order valence-corrected chi connectivity index (χ1v) is 10.2. The summed E-state index contributed by atoms with van der Waals surface area (Å²) in [7, 11) is 0. The van der Waals surface area contributed by atoms with Gasteiger partial charge >= 0.3 is 6.18 Å². The summed E-state index contributed by atoms with van der Waals surface area (Å²) in [5, 5.41) is 4.12. The largest absolute Gasteiger partial charge is 0.489 e. The second-order valence-electron chi connectivity index (χ2n) is 5.92. The number of ether oxygens (including phenoxy) is 2. The number of benzene rings is 2. The van der Waals surface area contributed by atoms with Crippen LogP contribution in [0.2, 0.25) is 10.0 Å². The molecule has 2 aromatic rings. The normalized spacial score (nSPS) is 11.8. The van der Waals surface area contributed by atoms with Crippen molar-refractivity contribution >= 4 is 52.1 Å². The third-order valence-corrected chi connectivity index (χ3v) is 4.57. The van der Waals surface area contributed by atoms with Crippen molar-refractivity contribution in [1.82, 2.24) is 0 Å². The third kappa shape index (κ3) is 8.00. The predicted octanol–water partition coefficient (Wildman–Crippen LogP) is 7.53. The Hall–Kier alpha value is -1.80. The number of rotatable bonds is 9. The minimum atomic E-state index is -4.49. The Morgan fingerprint density at radius 1 is 1.03 bits per heavy atom. The first-order valence-electron chi connectivity index (χ1n) is 8.68. The summed E-state index contributed by atoms with van der Waals surface area (Å²) in [5.41, 5.74) is -0.778. The summed E-state index contributed by atoms with van der Waals surface area (Å²) >= 11 is 23.3. The zero-order valence-corrected chi connectivity index (χ0v) is 19.0. The first kappa shape index (κ1) is 25.5. The summed E-state index contributed by atoms with van der Waals surface area (Å²) in [6.45, 7) is 1.50. The maximum Gasteiger partial charge on any atom is 0.417 e. The molecule has 168 valence electrons. The van der Waals surface area contributed by atoms with Crippen LogP contribution in [0.3, 0.4) is 0 Å². The molecule has 2 rings (SSSR count). The van der Waals surface area contributed by atoms with Gasteiger partial charge in [-0.2, -0.15) is 13.2 Å². The highest BCUT2D eigenvalue weighted by molar-refractivity contribution is 6.55. The van der Waals surface area contributed by atoms with Crippen molar-refractivity contribution in [3.8, 4) is 11.5 Å². The summed E-state index contributed by atoms with van der Waals surface area (Å²) in [5.74, 6) is 0.585. The molecule has 31 heavy (non-hydrogen) atoms. The van der Waals surface area contributed by atoms with Crippen LogP contribution in [0.25, 0.3) is 0 Å². The van der Waals surface area contributed by atoms with Gasteiger partial charge < -0.3 is 14.3 Å². The van der Waals surface area contributed by atoms with Gasteiger partial charge in [0.25, 0.3) is 0 Å². The molecule has 0 unspecified atom stereocenters. The van der Waals surface area contributed by atoms with E-state index in [0.717, 1.165) is 6.07 Å². The Morgan fingerprint density at radius 2 is 1.68 bits per heavy atom. The van der Waals surface area contributed by atoms with Crippen molar-refractivity contribution in [3.05, 3.63) is 68.1 Å². The fraction of sp³-hybridized carbons (Fsp3) is 0.250. The van der Waals surface area contributed by atoms with E-state index in [-0.39, 0.29) is 51.4 Å². The average Bonchev–Trinajstić information content (AvgIpc) is 2.68. The molecule has 11 heteroatoms. The molecule has 0 bridgehead atoms. The molecule has 0 aliphatic rings. The van der Waals surface area contributed by atoms with E-state index in [4.69, 9.17) is 60.7 Å². The molecule has 0 radical (unpaired) electrons. The molecule has 0 aliphatic heterocycles. The van der Waals surface area contributed by atoms with Gasteiger partial charge in [-0.25, -0.2) is 0 Å². The van der Waals surface area contributed by atoms with Gasteiger partial charge in [0.05, 0.1) is 21.3 Å². The minimum absolute atomic E-state index is 0.00192. The summed E-state index contributed by atoms with van der Waals surface area (Å²) in [4.78, 5) is 5.07. The molecule has 0 aliphatic carbocycles. The molecule has 0 N–H and O–H groups in total. The highest BCUT2D eigenvalue weighted by Crippen LogP contribution is 2.37. The maximum atomic E-state index is 13.1. The molecular formula is C20H16Cl4F3NO3. The Morgan fingerprint density at radius 3 is 2.29 bits per heavy atom. The maximum absolute atomic E-state index is 13.1. The fourth-order valence-electron chi connectivity index (χ4n) is 2.38. The second kappa shape index (κ2) is 11.7. The van der Waals surface area contributed by atoms with Crippen LogP contribution in [-0.4, -0.2) is 25.5 Å². The Kier molecular flexibility index (Phi) is 9.62. The van der Waals surface area contributed by atoms with Gasteiger partial charge in [-0.1, -0.05) is 69.8 Å². The lowest BCUT2D eigenvalue weighted by atomic mass is 10.0. The summed E-state index contributed by atoms with van der Waals surface area (Å²) in [6.07, 6.45) is -3.05. The molecule has 0 atom stereocenters. The van der Waals surface area contributed by atoms with Gasteiger partial charge in [0.1, 0.15) is 23.5 Å². The highest BCUT2D eigenvalue weighted by atomic mass is 35.5. The lowest BCUT2D eigenvalue weighted by Crippen LogP contribution is -2.12. The smallest absolute Gasteiger partial charge is 0.417 e. The van der Waals surface area contributed by atoms with Gasteiger partial charge in [0, 0.05) is 17.7 Å². The van der Waals surface area contributed by atoms with Crippen molar-refractivity contribution in [2.24, 2.45) is 5.16 Å². The van der Waals surface area contributed by atoms with Crippen LogP contribution in [0, 0.1) is 0 Å². The average molecular weight is 517 g/mol. The van der Waals surface area contributed by atoms with Crippen molar-refractivity contribution in [2.75, 3.05) is 19.8 Å². The quantitative estimate of drug-likeness (QED) is 0.196. The standard InChI is InChI=1S/C20H16Cl4F3NO3/c1-12(14-4-2-3-5-15(14)20(25,26)27)28-31-9-8-30-19-16(21)10-13(11-17(19)22)29-7-6-18(23)24/h2-6,10-11H,7-9H2,1H3/b28-12+. The number of halogens is 7. The Bertz CT molecular complexity index is 938. The number of alkyl halides is 3. The number of hydrogen-bond donors (Lipinski definition) is 0. The van der Waals surface area contributed by atoms with Crippen molar-refractivity contribution in [1.29, 1.82) is 0 Å². The van der Waals surface area contributed by atoms with E-state index in [1.165, 1.54) is 43.3 Å². The summed E-state index contributed by atoms with van der Waals surface area (Å²) < 4.78 is 50.2. The number of nitrogens with zero attached hydrogens (tertiary/aromatic N) is 1. The number of hydrogen-bond acceptors (Lipinski definition) is 4. The topological polar surface area (TPSA) is 40.0 Å². The van der Waals surface area contributed by atoms with E-state index in [9.17, 15) is 13.2 Å². The zero-order chi connectivity index (χ0) is 23.0. The molecular weight excluding hydrogens is 501 g/mol. The van der Waals surface area contributed by atoms with E-state index < -0.39 is 11.7 Å².